The molecule has 0 aliphatic carbocycles. The number of hydrogen-bond acceptors (Lipinski definition) is 2. The van der Waals surface area contributed by atoms with Crippen LogP contribution in [-0.2, 0) is 12.8 Å². The van der Waals surface area contributed by atoms with Gasteiger partial charge in [-0.25, -0.2) is 13.8 Å². The van der Waals surface area contributed by atoms with E-state index < -0.39 is 11.6 Å². The number of aromatic nitrogens is 2. The fourth-order valence-electron chi connectivity index (χ4n) is 2.07. The summed E-state index contributed by atoms with van der Waals surface area (Å²) >= 11 is 1.97. The third kappa shape index (κ3) is 4.33. The molecule has 2 aromatic rings. The van der Waals surface area contributed by atoms with Gasteiger partial charge in [-0.1, -0.05) is 13.8 Å². The van der Waals surface area contributed by atoms with Crippen LogP contribution in [0.25, 0.3) is 0 Å². The maximum atomic E-state index is 13.2. The van der Waals surface area contributed by atoms with E-state index in [1.54, 1.807) is 0 Å². The summed E-state index contributed by atoms with van der Waals surface area (Å²) in [5.74, 6) is -0.492. The zero-order chi connectivity index (χ0) is 15.6. The van der Waals surface area contributed by atoms with E-state index >= 15 is 0 Å². The quantitative estimate of drug-likeness (QED) is 0.794. The van der Waals surface area contributed by atoms with Gasteiger partial charge in [-0.3, -0.25) is 4.79 Å². The number of nitrogens with zero attached hydrogens (tertiary/aromatic N) is 1. The van der Waals surface area contributed by atoms with Crippen LogP contribution in [0.1, 0.15) is 30.9 Å². The van der Waals surface area contributed by atoms with Gasteiger partial charge in [-0.15, -0.1) is 0 Å². The zero-order valence-corrected chi connectivity index (χ0v) is 13.9. The van der Waals surface area contributed by atoms with Crippen molar-refractivity contribution >= 4 is 22.6 Å². The molecule has 112 valence electrons. The van der Waals surface area contributed by atoms with Crippen molar-refractivity contribution in [2.24, 2.45) is 5.92 Å². The Labute approximate surface area is 135 Å². The highest BCUT2D eigenvalue weighted by molar-refractivity contribution is 14.1. The van der Waals surface area contributed by atoms with Crippen LogP contribution in [0.2, 0.25) is 0 Å². The second kappa shape index (κ2) is 6.64. The summed E-state index contributed by atoms with van der Waals surface area (Å²) in [6, 6.07) is 3.30. The first-order valence-corrected chi connectivity index (χ1v) is 7.65. The molecule has 0 atom stereocenters. The van der Waals surface area contributed by atoms with Crippen molar-refractivity contribution in [3.63, 3.8) is 0 Å². The number of benzene rings is 1. The first-order valence-electron chi connectivity index (χ1n) is 6.57. The molecule has 1 aromatic heterocycles. The normalized spacial score (nSPS) is 11.1. The van der Waals surface area contributed by atoms with Crippen molar-refractivity contribution in [1.29, 1.82) is 0 Å². The van der Waals surface area contributed by atoms with E-state index in [1.807, 2.05) is 36.4 Å². The Morgan fingerprint density at radius 1 is 1.24 bits per heavy atom. The van der Waals surface area contributed by atoms with Crippen LogP contribution < -0.4 is 5.56 Å². The summed E-state index contributed by atoms with van der Waals surface area (Å²) in [5, 5.41) is 0. The van der Waals surface area contributed by atoms with Crippen molar-refractivity contribution < 1.29 is 8.78 Å². The average molecular weight is 404 g/mol. The highest BCUT2D eigenvalue weighted by atomic mass is 127. The molecule has 1 aromatic carbocycles. The Balaban J connectivity index is 2.36. The Hall–Kier alpha value is -1.31. The van der Waals surface area contributed by atoms with Gasteiger partial charge in [-0.2, -0.15) is 0 Å². The molecule has 0 spiro atoms. The highest BCUT2D eigenvalue weighted by Crippen LogP contribution is 2.14. The van der Waals surface area contributed by atoms with Gasteiger partial charge >= 0.3 is 0 Å². The van der Waals surface area contributed by atoms with Crippen LogP contribution in [0, 0.1) is 21.1 Å². The number of halogens is 3. The lowest BCUT2D eigenvalue weighted by atomic mass is 10.1. The number of H-pyrrole nitrogens is 1. The van der Waals surface area contributed by atoms with Crippen molar-refractivity contribution in [3.8, 4) is 0 Å². The molecule has 0 bridgehead atoms. The number of nitrogens with one attached hydrogen (secondary N) is 1. The second-order valence-corrected chi connectivity index (χ2v) is 6.40. The van der Waals surface area contributed by atoms with E-state index in [2.05, 4.69) is 9.97 Å². The van der Waals surface area contributed by atoms with Crippen LogP contribution in [0.5, 0.6) is 0 Å². The summed E-state index contributed by atoms with van der Waals surface area (Å²) in [6.07, 6.45) is 0.874. The summed E-state index contributed by atoms with van der Waals surface area (Å²) in [6.45, 7) is 4.08. The minimum atomic E-state index is -0.639. The van der Waals surface area contributed by atoms with Crippen LogP contribution in [0.3, 0.4) is 0 Å². The Bertz CT molecular complexity index is 693. The van der Waals surface area contributed by atoms with Crippen LogP contribution in [0.15, 0.2) is 23.0 Å². The van der Waals surface area contributed by atoms with Gasteiger partial charge in [0.1, 0.15) is 17.5 Å². The van der Waals surface area contributed by atoms with Crippen LogP contribution >= 0.6 is 22.6 Å². The third-order valence-electron chi connectivity index (χ3n) is 2.88. The lowest BCUT2D eigenvalue weighted by Crippen LogP contribution is -2.19. The molecule has 0 radical (unpaired) electrons. The molecule has 0 aliphatic heterocycles. The van der Waals surface area contributed by atoms with Crippen molar-refractivity contribution in [1.82, 2.24) is 9.97 Å². The standard InChI is InChI=1S/C15H15F2IN2O/c1-8(2)3-12-14(18)15(21)20-13(19-12)6-9-4-10(16)7-11(17)5-9/h4-5,7-8H,3,6H2,1-2H3,(H,19,20,21). The third-order valence-corrected chi connectivity index (χ3v) is 3.99. The van der Waals surface area contributed by atoms with E-state index in [9.17, 15) is 13.6 Å². The van der Waals surface area contributed by atoms with Crippen molar-refractivity contribution in [3.05, 3.63) is 60.8 Å². The molecule has 1 N–H and O–H groups in total. The van der Waals surface area contributed by atoms with Gasteiger partial charge in [0.2, 0.25) is 0 Å². The molecule has 0 amide bonds. The number of rotatable bonds is 4. The van der Waals surface area contributed by atoms with E-state index in [4.69, 9.17) is 0 Å². The molecule has 1 heterocycles. The summed E-state index contributed by atoms with van der Waals surface area (Å²) in [7, 11) is 0. The van der Waals surface area contributed by atoms with Gasteiger partial charge in [0, 0.05) is 12.5 Å². The first kappa shape index (κ1) is 16.1. The van der Waals surface area contributed by atoms with Crippen molar-refractivity contribution in [2.45, 2.75) is 26.7 Å². The summed E-state index contributed by atoms with van der Waals surface area (Å²) < 4.78 is 26.9. The van der Waals surface area contributed by atoms with Gasteiger partial charge in [-0.05, 0) is 52.6 Å². The second-order valence-electron chi connectivity index (χ2n) is 5.33. The molecule has 0 fully saturated rings. The summed E-state index contributed by atoms with van der Waals surface area (Å²) in [4.78, 5) is 19.0. The Morgan fingerprint density at radius 2 is 1.86 bits per heavy atom. The smallest absolute Gasteiger partial charge is 0.264 e. The minimum absolute atomic E-state index is 0.186. The first-order chi connectivity index (χ1) is 9.85. The minimum Gasteiger partial charge on any atom is -0.309 e. The fraction of sp³-hybridized carbons (Fsp3) is 0.333. The maximum Gasteiger partial charge on any atom is 0.264 e. The van der Waals surface area contributed by atoms with Gasteiger partial charge in [0.15, 0.2) is 0 Å². The van der Waals surface area contributed by atoms with Gasteiger partial charge in [0.05, 0.1) is 9.26 Å². The Morgan fingerprint density at radius 3 is 2.43 bits per heavy atom. The van der Waals surface area contributed by atoms with Gasteiger partial charge < -0.3 is 4.98 Å². The molecule has 21 heavy (non-hydrogen) atoms. The zero-order valence-electron chi connectivity index (χ0n) is 11.7. The van der Waals surface area contributed by atoms with E-state index in [-0.39, 0.29) is 12.0 Å². The SMILES string of the molecule is CC(C)Cc1nc(Cc2cc(F)cc(F)c2)[nH]c(=O)c1I. The lowest BCUT2D eigenvalue weighted by Gasteiger charge is -2.09. The molecule has 6 heteroatoms. The van der Waals surface area contributed by atoms with Crippen LogP contribution in [-0.4, -0.2) is 9.97 Å². The molecule has 0 saturated heterocycles. The molecule has 0 aliphatic rings. The highest BCUT2D eigenvalue weighted by Gasteiger charge is 2.11. The molecule has 0 saturated carbocycles. The van der Waals surface area contributed by atoms with E-state index in [1.165, 1.54) is 12.1 Å². The van der Waals surface area contributed by atoms with E-state index in [0.717, 1.165) is 11.8 Å². The summed E-state index contributed by atoms with van der Waals surface area (Å²) in [5.41, 5.74) is 0.946. The van der Waals surface area contributed by atoms with E-state index in [0.29, 0.717) is 27.3 Å². The predicted molar refractivity (Wildman–Crippen MR) is 85.3 cm³/mol. The van der Waals surface area contributed by atoms with Crippen LogP contribution in [0.4, 0.5) is 8.78 Å². The predicted octanol–water partition coefficient (Wildman–Crippen LogP) is 3.44. The molecule has 0 unspecified atom stereocenters. The van der Waals surface area contributed by atoms with Crippen molar-refractivity contribution in [2.75, 3.05) is 0 Å². The molecule has 3 nitrogen and oxygen atoms in total. The average Bonchev–Trinajstić information content (AvgIpc) is 2.33. The fourth-order valence-corrected chi connectivity index (χ4v) is 2.54. The number of aromatic amines is 1. The Kier molecular flexibility index (Phi) is 5.08. The largest absolute Gasteiger partial charge is 0.309 e. The number of hydrogen-bond donors (Lipinski definition) is 1. The molecular weight excluding hydrogens is 389 g/mol. The molecular formula is C15H15F2IN2O. The topological polar surface area (TPSA) is 45.8 Å². The maximum absolute atomic E-state index is 13.2. The van der Waals surface area contributed by atoms with Gasteiger partial charge in [0.25, 0.3) is 5.56 Å². The molecule has 2 rings (SSSR count). The monoisotopic (exact) mass is 404 g/mol. The lowest BCUT2D eigenvalue weighted by molar-refractivity contribution is 0.580.